The Bertz CT molecular complexity index is 673. The van der Waals surface area contributed by atoms with Gasteiger partial charge in [0.25, 0.3) is 0 Å². The number of hydrogen-bond acceptors (Lipinski definition) is 2. The number of nitrogens with zero attached hydrogens (tertiary/aromatic N) is 2. The maximum atomic E-state index is 4.36. The summed E-state index contributed by atoms with van der Waals surface area (Å²) in [7, 11) is 2.16. The van der Waals surface area contributed by atoms with Crippen LogP contribution in [0.15, 0.2) is 54.9 Å². The third-order valence-electron chi connectivity index (χ3n) is 3.59. The minimum absolute atomic E-state index is 0.955. The summed E-state index contributed by atoms with van der Waals surface area (Å²) in [6.07, 6.45) is 4.95. The van der Waals surface area contributed by atoms with Crippen LogP contribution in [0.2, 0.25) is 0 Å². The Hall–Kier alpha value is -2.13. The van der Waals surface area contributed by atoms with E-state index >= 15 is 0 Å². The van der Waals surface area contributed by atoms with Crippen molar-refractivity contribution in [3.63, 3.8) is 0 Å². The van der Waals surface area contributed by atoms with E-state index in [1.807, 2.05) is 18.3 Å². The first kappa shape index (κ1) is 12.9. The van der Waals surface area contributed by atoms with Gasteiger partial charge in [-0.1, -0.05) is 24.3 Å². The third kappa shape index (κ3) is 2.89. The van der Waals surface area contributed by atoms with Crippen LogP contribution in [0.5, 0.6) is 0 Å². The van der Waals surface area contributed by atoms with Crippen molar-refractivity contribution in [3.8, 4) is 0 Å². The highest BCUT2D eigenvalue weighted by molar-refractivity contribution is 5.82. The lowest BCUT2D eigenvalue weighted by molar-refractivity contribution is 0.331. The molecule has 0 spiro atoms. The van der Waals surface area contributed by atoms with Gasteiger partial charge in [-0.05, 0) is 30.8 Å². The van der Waals surface area contributed by atoms with Gasteiger partial charge in [-0.3, -0.25) is 4.98 Å². The highest BCUT2D eigenvalue weighted by Gasteiger charge is 2.06. The van der Waals surface area contributed by atoms with Gasteiger partial charge in [-0.15, -0.1) is 0 Å². The zero-order chi connectivity index (χ0) is 13.8. The maximum Gasteiger partial charge on any atom is 0.0457 e. The summed E-state index contributed by atoms with van der Waals surface area (Å²) in [5.41, 5.74) is 3.71. The van der Waals surface area contributed by atoms with Crippen LogP contribution < -0.4 is 0 Å². The Labute approximate surface area is 119 Å². The Balaban J connectivity index is 1.63. The molecule has 2 heterocycles. The molecule has 0 atom stereocenters. The van der Waals surface area contributed by atoms with Crippen LogP contribution in [0.4, 0.5) is 0 Å². The van der Waals surface area contributed by atoms with Gasteiger partial charge < -0.3 is 9.88 Å². The fraction of sp³-hybridized carbons (Fsp3) is 0.235. The predicted octanol–water partition coefficient (Wildman–Crippen LogP) is 3.24. The second kappa shape index (κ2) is 5.88. The summed E-state index contributed by atoms with van der Waals surface area (Å²) >= 11 is 0. The van der Waals surface area contributed by atoms with Gasteiger partial charge in [0.2, 0.25) is 0 Å². The molecule has 3 nitrogen and oxygen atoms in total. The fourth-order valence-corrected chi connectivity index (χ4v) is 2.48. The molecule has 2 aromatic heterocycles. The second-order valence-electron chi connectivity index (χ2n) is 5.17. The summed E-state index contributed by atoms with van der Waals surface area (Å²) in [5, 5.41) is 1.32. The Morgan fingerprint density at radius 2 is 1.95 bits per heavy atom. The molecule has 0 unspecified atom stereocenters. The average molecular weight is 265 g/mol. The highest BCUT2D eigenvalue weighted by atomic mass is 15.1. The maximum absolute atomic E-state index is 4.36. The van der Waals surface area contributed by atoms with E-state index in [0.29, 0.717) is 0 Å². The first-order valence-corrected chi connectivity index (χ1v) is 6.96. The molecule has 0 radical (unpaired) electrons. The SMILES string of the molecule is CN(CCc1ccccn1)Cc1c[nH]c2ccccc12. The van der Waals surface area contributed by atoms with E-state index in [1.54, 1.807) is 0 Å². The number of likely N-dealkylation sites (N-methyl/N-ethyl adjacent to an activating group) is 1. The van der Waals surface area contributed by atoms with E-state index in [2.05, 4.69) is 58.4 Å². The number of nitrogens with one attached hydrogen (secondary N) is 1. The van der Waals surface area contributed by atoms with Gasteiger partial charge in [-0.2, -0.15) is 0 Å². The third-order valence-corrected chi connectivity index (χ3v) is 3.59. The van der Waals surface area contributed by atoms with Gasteiger partial charge in [-0.25, -0.2) is 0 Å². The van der Waals surface area contributed by atoms with Gasteiger partial charge >= 0.3 is 0 Å². The zero-order valence-corrected chi connectivity index (χ0v) is 11.7. The molecule has 0 amide bonds. The van der Waals surface area contributed by atoms with Crippen molar-refractivity contribution in [3.05, 3.63) is 66.1 Å². The van der Waals surface area contributed by atoms with Gasteiger partial charge in [0.05, 0.1) is 0 Å². The average Bonchev–Trinajstić information content (AvgIpc) is 2.90. The number of benzene rings is 1. The molecule has 0 saturated heterocycles. The molecule has 3 aromatic rings. The Morgan fingerprint density at radius 1 is 1.10 bits per heavy atom. The topological polar surface area (TPSA) is 31.9 Å². The van der Waals surface area contributed by atoms with Crippen LogP contribution in [0.3, 0.4) is 0 Å². The largest absolute Gasteiger partial charge is 0.361 e. The summed E-state index contributed by atoms with van der Waals surface area (Å²) in [6.45, 7) is 1.97. The van der Waals surface area contributed by atoms with Crippen LogP contribution in [0, 0.1) is 0 Å². The van der Waals surface area contributed by atoms with Crippen LogP contribution >= 0.6 is 0 Å². The molecular formula is C17H19N3. The quantitative estimate of drug-likeness (QED) is 0.768. The van der Waals surface area contributed by atoms with Crippen molar-refractivity contribution < 1.29 is 0 Å². The molecule has 0 aliphatic rings. The van der Waals surface area contributed by atoms with E-state index in [4.69, 9.17) is 0 Å². The number of para-hydroxylation sites is 1. The first-order valence-electron chi connectivity index (χ1n) is 6.96. The summed E-state index contributed by atoms with van der Waals surface area (Å²) in [5.74, 6) is 0. The lowest BCUT2D eigenvalue weighted by Crippen LogP contribution is -2.20. The molecule has 3 rings (SSSR count). The molecule has 102 valence electrons. The van der Waals surface area contributed by atoms with Crippen molar-refractivity contribution in [1.29, 1.82) is 0 Å². The molecule has 0 saturated carbocycles. The number of rotatable bonds is 5. The molecule has 20 heavy (non-hydrogen) atoms. The number of H-pyrrole nitrogens is 1. The Kier molecular flexibility index (Phi) is 3.79. The van der Waals surface area contributed by atoms with Crippen LogP contribution in [0.25, 0.3) is 10.9 Å². The molecule has 0 bridgehead atoms. The number of aromatic nitrogens is 2. The van der Waals surface area contributed by atoms with E-state index in [1.165, 1.54) is 16.5 Å². The smallest absolute Gasteiger partial charge is 0.0457 e. The predicted molar refractivity (Wildman–Crippen MR) is 82.6 cm³/mol. The molecule has 3 heteroatoms. The van der Waals surface area contributed by atoms with E-state index in [9.17, 15) is 0 Å². The summed E-state index contributed by atoms with van der Waals surface area (Å²) in [4.78, 5) is 10.0. The summed E-state index contributed by atoms with van der Waals surface area (Å²) < 4.78 is 0. The minimum Gasteiger partial charge on any atom is -0.361 e. The van der Waals surface area contributed by atoms with Crippen molar-refractivity contribution in [1.82, 2.24) is 14.9 Å². The van der Waals surface area contributed by atoms with Crippen LogP contribution in [0.1, 0.15) is 11.3 Å². The van der Waals surface area contributed by atoms with Crippen molar-refractivity contribution >= 4 is 10.9 Å². The van der Waals surface area contributed by atoms with Gasteiger partial charge in [0.15, 0.2) is 0 Å². The number of fused-ring (bicyclic) bond motifs is 1. The van der Waals surface area contributed by atoms with Crippen LogP contribution in [-0.2, 0) is 13.0 Å². The molecule has 1 N–H and O–H groups in total. The number of pyridine rings is 1. The van der Waals surface area contributed by atoms with Gasteiger partial charge in [0, 0.05) is 48.5 Å². The standard InChI is InChI=1S/C17H19N3/c1-20(11-9-15-6-4-5-10-18-15)13-14-12-19-17-8-3-2-7-16(14)17/h2-8,10,12,19H,9,11,13H2,1H3. The first-order chi connectivity index (χ1) is 9.83. The number of hydrogen-bond donors (Lipinski definition) is 1. The number of aromatic amines is 1. The van der Waals surface area contributed by atoms with E-state index in [-0.39, 0.29) is 0 Å². The lowest BCUT2D eigenvalue weighted by atomic mass is 10.1. The molecule has 0 fully saturated rings. The lowest BCUT2D eigenvalue weighted by Gasteiger charge is -2.15. The van der Waals surface area contributed by atoms with Crippen molar-refractivity contribution in [2.24, 2.45) is 0 Å². The normalized spacial score (nSPS) is 11.3. The molecule has 0 aliphatic heterocycles. The fourth-order valence-electron chi connectivity index (χ4n) is 2.48. The van der Waals surface area contributed by atoms with E-state index < -0.39 is 0 Å². The Morgan fingerprint density at radius 3 is 2.80 bits per heavy atom. The van der Waals surface area contributed by atoms with E-state index in [0.717, 1.165) is 25.2 Å². The van der Waals surface area contributed by atoms with Crippen LogP contribution in [-0.4, -0.2) is 28.5 Å². The van der Waals surface area contributed by atoms with Crippen molar-refractivity contribution in [2.75, 3.05) is 13.6 Å². The summed E-state index contributed by atoms with van der Waals surface area (Å²) in [6, 6.07) is 14.5. The minimum atomic E-state index is 0.955. The highest BCUT2D eigenvalue weighted by Crippen LogP contribution is 2.18. The monoisotopic (exact) mass is 265 g/mol. The van der Waals surface area contributed by atoms with Crippen molar-refractivity contribution in [2.45, 2.75) is 13.0 Å². The molecule has 1 aromatic carbocycles. The van der Waals surface area contributed by atoms with Gasteiger partial charge in [0.1, 0.15) is 0 Å². The zero-order valence-electron chi connectivity index (χ0n) is 11.7. The molecule has 0 aliphatic carbocycles. The second-order valence-corrected chi connectivity index (χ2v) is 5.17. The molecular weight excluding hydrogens is 246 g/mol.